The van der Waals surface area contributed by atoms with Crippen LogP contribution in [-0.2, 0) is 16.1 Å². The number of hydrogen-bond acceptors (Lipinski definition) is 9. The molecule has 2 N–H and O–H groups in total. The molecule has 0 unspecified atom stereocenters. The summed E-state index contributed by atoms with van der Waals surface area (Å²) < 4.78 is 17.0. The molecule has 2 aliphatic rings. The topological polar surface area (TPSA) is 94.6 Å². The van der Waals surface area contributed by atoms with Gasteiger partial charge in [-0.2, -0.15) is 0 Å². The molecule has 2 atom stereocenters. The Morgan fingerprint density at radius 3 is 3.11 bits per heavy atom. The Labute approximate surface area is 171 Å². The fraction of sp³-hybridized carbons (Fsp3) is 0.500. The third-order valence-electron chi connectivity index (χ3n) is 4.46. The van der Waals surface area contributed by atoms with Crippen molar-refractivity contribution < 1.29 is 19.0 Å². The molecule has 2 aliphatic heterocycles. The van der Waals surface area contributed by atoms with Crippen molar-refractivity contribution in [3.8, 4) is 11.5 Å². The quantitative estimate of drug-likeness (QED) is 0.627. The van der Waals surface area contributed by atoms with Gasteiger partial charge < -0.3 is 24.8 Å². The summed E-state index contributed by atoms with van der Waals surface area (Å²) >= 11 is 2.86. The fourth-order valence-electron chi connectivity index (χ4n) is 2.92. The number of carbonyl (C=O) groups excluding carboxylic acids is 1. The number of nitrogens with one attached hydrogen (secondary N) is 2. The van der Waals surface area contributed by atoms with Crippen LogP contribution in [0.5, 0.6) is 11.5 Å². The SMILES string of the molecule is C[C@H](Sc1nnc(NC[C@H]2CCCO2)s1)C(=O)NCc1ccc2c(c1)OCO2. The van der Waals surface area contributed by atoms with Crippen LogP contribution in [-0.4, -0.2) is 47.4 Å². The number of benzene rings is 1. The van der Waals surface area contributed by atoms with Crippen LogP contribution in [0.15, 0.2) is 22.5 Å². The third-order valence-corrected chi connectivity index (χ3v) is 6.53. The second-order valence-corrected chi connectivity index (χ2v) is 9.12. The van der Waals surface area contributed by atoms with Crippen LogP contribution in [0.3, 0.4) is 0 Å². The van der Waals surface area contributed by atoms with Gasteiger partial charge >= 0.3 is 0 Å². The summed E-state index contributed by atoms with van der Waals surface area (Å²) in [6, 6.07) is 5.66. The van der Waals surface area contributed by atoms with Gasteiger partial charge in [0.1, 0.15) is 0 Å². The summed E-state index contributed by atoms with van der Waals surface area (Å²) in [4.78, 5) is 12.4. The minimum absolute atomic E-state index is 0.0493. The van der Waals surface area contributed by atoms with Crippen molar-refractivity contribution in [1.29, 1.82) is 0 Å². The minimum atomic E-state index is -0.270. The molecule has 0 aliphatic carbocycles. The number of anilines is 1. The number of thioether (sulfide) groups is 1. The van der Waals surface area contributed by atoms with E-state index >= 15 is 0 Å². The largest absolute Gasteiger partial charge is 0.454 e. The molecule has 1 amide bonds. The molecule has 1 aromatic heterocycles. The van der Waals surface area contributed by atoms with Crippen molar-refractivity contribution in [2.75, 3.05) is 25.3 Å². The molecular formula is C18H22N4O4S2. The van der Waals surface area contributed by atoms with Crippen LogP contribution in [0.25, 0.3) is 0 Å². The van der Waals surface area contributed by atoms with E-state index in [-0.39, 0.29) is 24.1 Å². The minimum Gasteiger partial charge on any atom is -0.454 e. The van der Waals surface area contributed by atoms with Gasteiger partial charge in [-0.05, 0) is 37.5 Å². The van der Waals surface area contributed by atoms with Crippen molar-refractivity contribution in [2.24, 2.45) is 0 Å². The fourth-order valence-corrected chi connectivity index (χ4v) is 4.85. The van der Waals surface area contributed by atoms with E-state index in [9.17, 15) is 4.79 Å². The maximum atomic E-state index is 12.4. The standard InChI is InChI=1S/C18H22N4O4S2/c1-11(16(23)19-8-12-4-5-14-15(7-12)26-10-25-14)27-18-22-21-17(28-18)20-9-13-3-2-6-24-13/h4-5,7,11,13H,2-3,6,8-10H2,1H3,(H,19,23)(H,20,21)/t11-,13+/m0/s1. The first-order chi connectivity index (χ1) is 13.7. The van der Waals surface area contributed by atoms with E-state index in [0.29, 0.717) is 12.3 Å². The number of amides is 1. The number of carbonyl (C=O) groups is 1. The zero-order chi connectivity index (χ0) is 19.3. The average Bonchev–Trinajstić information content (AvgIpc) is 3.45. The predicted octanol–water partition coefficient (Wildman–Crippen LogP) is 2.65. The molecule has 0 radical (unpaired) electrons. The Bertz CT molecular complexity index is 826. The van der Waals surface area contributed by atoms with Crippen molar-refractivity contribution in [1.82, 2.24) is 15.5 Å². The zero-order valence-electron chi connectivity index (χ0n) is 15.5. The van der Waals surface area contributed by atoms with Crippen LogP contribution in [0.1, 0.15) is 25.3 Å². The number of hydrogen-bond donors (Lipinski definition) is 2. The highest BCUT2D eigenvalue weighted by Gasteiger charge is 2.19. The molecule has 10 heteroatoms. The van der Waals surface area contributed by atoms with Crippen LogP contribution < -0.4 is 20.1 Å². The first kappa shape index (κ1) is 19.3. The number of aromatic nitrogens is 2. The molecule has 4 rings (SSSR count). The molecule has 0 saturated carbocycles. The maximum absolute atomic E-state index is 12.4. The molecule has 0 bridgehead atoms. The average molecular weight is 423 g/mol. The van der Waals surface area contributed by atoms with Gasteiger partial charge in [0.15, 0.2) is 15.8 Å². The highest BCUT2D eigenvalue weighted by atomic mass is 32.2. The van der Waals surface area contributed by atoms with E-state index in [1.54, 1.807) is 0 Å². The molecule has 3 heterocycles. The Kier molecular flexibility index (Phi) is 6.18. The molecule has 150 valence electrons. The van der Waals surface area contributed by atoms with E-state index in [2.05, 4.69) is 20.8 Å². The molecule has 1 fully saturated rings. The summed E-state index contributed by atoms with van der Waals surface area (Å²) in [5.74, 6) is 1.40. The second kappa shape index (κ2) is 8.97. The molecular weight excluding hydrogens is 400 g/mol. The molecule has 8 nitrogen and oxygen atoms in total. The van der Waals surface area contributed by atoms with Crippen LogP contribution in [0, 0.1) is 0 Å². The predicted molar refractivity (Wildman–Crippen MR) is 107 cm³/mol. The first-order valence-corrected chi connectivity index (χ1v) is 10.9. The Morgan fingerprint density at radius 1 is 1.36 bits per heavy atom. The molecule has 1 aromatic carbocycles. The van der Waals surface area contributed by atoms with Gasteiger partial charge in [0, 0.05) is 19.7 Å². The summed E-state index contributed by atoms with van der Waals surface area (Å²) in [7, 11) is 0. The van der Waals surface area contributed by atoms with Crippen LogP contribution >= 0.6 is 23.1 Å². The van der Waals surface area contributed by atoms with Crippen LogP contribution in [0.2, 0.25) is 0 Å². The second-order valence-electron chi connectivity index (χ2n) is 6.55. The lowest BCUT2D eigenvalue weighted by atomic mass is 10.2. The molecule has 0 spiro atoms. The number of fused-ring (bicyclic) bond motifs is 1. The van der Waals surface area contributed by atoms with Crippen molar-refractivity contribution >= 4 is 34.1 Å². The van der Waals surface area contributed by atoms with E-state index in [1.807, 2.05) is 25.1 Å². The van der Waals surface area contributed by atoms with E-state index in [1.165, 1.54) is 23.1 Å². The summed E-state index contributed by atoms with van der Waals surface area (Å²) in [5.41, 5.74) is 0.964. The van der Waals surface area contributed by atoms with E-state index < -0.39 is 0 Å². The van der Waals surface area contributed by atoms with Gasteiger partial charge in [-0.1, -0.05) is 29.2 Å². The van der Waals surface area contributed by atoms with Gasteiger partial charge in [0.05, 0.1) is 11.4 Å². The molecule has 28 heavy (non-hydrogen) atoms. The normalized spacial score (nSPS) is 18.8. The lowest BCUT2D eigenvalue weighted by molar-refractivity contribution is -0.120. The van der Waals surface area contributed by atoms with E-state index in [4.69, 9.17) is 14.2 Å². The maximum Gasteiger partial charge on any atom is 0.233 e. The third kappa shape index (κ3) is 4.86. The van der Waals surface area contributed by atoms with Crippen LogP contribution in [0.4, 0.5) is 5.13 Å². The van der Waals surface area contributed by atoms with E-state index in [0.717, 1.165) is 46.8 Å². The Morgan fingerprint density at radius 2 is 2.25 bits per heavy atom. The van der Waals surface area contributed by atoms with Crippen molar-refractivity contribution in [3.05, 3.63) is 23.8 Å². The first-order valence-electron chi connectivity index (χ1n) is 9.19. The summed E-state index contributed by atoms with van der Waals surface area (Å²) in [6.45, 7) is 4.11. The molecule has 1 saturated heterocycles. The summed E-state index contributed by atoms with van der Waals surface area (Å²) in [6.07, 6.45) is 2.44. The Hall–Kier alpha value is -2.04. The lowest BCUT2D eigenvalue weighted by Crippen LogP contribution is -2.30. The smallest absolute Gasteiger partial charge is 0.233 e. The van der Waals surface area contributed by atoms with Crippen molar-refractivity contribution in [3.63, 3.8) is 0 Å². The van der Waals surface area contributed by atoms with Gasteiger partial charge in [0.2, 0.25) is 17.8 Å². The van der Waals surface area contributed by atoms with Gasteiger partial charge in [-0.25, -0.2) is 0 Å². The number of ether oxygens (including phenoxy) is 3. The van der Waals surface area contributed by atoms with Gasteiger partial charge in [-0.15, -0.1) is 10.2 Å². The highest BCUT2D eigenvalue weighted by molar-refractivity contribution is 8.02. The Balaban J connectivity index is 1.23. The zero-order valence-corrected chi connectivity index (χ0v) is 17.1. The highest BCUT2D eigenvalue weighted by Crippen LogP contribution is 2.32. The monoisotopic (exact) mass is 422 g/mol. The van der Waals surface area contributed by atoms with Gasteiger partial charge in [0.25, 0.3) is 0 Å². The molecule has 2 aromatic rings. The number of nitrogens with zero attached hydrogens (tertiary/aromatic N) is 2. The number of rotatable bonds is 8. The van der Waals surface area contributed by atoms with Gasteiger partial charge in [-0.3, -0.25) is 4.79 Å². The summed E-state index contributed by atoms with van der Waals surface area (Å²) in [5, 5.41) is 15.0. The lowest BCUT2D eigenvalue weighted by Gasteiger charge is -2.10. The van der Waals surface area contributed by atoms with Crippen molar-refractivity contribution in [2.45, 2.75) is 42.0 Å².